The number of sulfonamides is 1. The van der Waals surface area contributed by atoms with E-state index in [-0.39, 0.29) is 4.90 Å². The molecule has 0 heterocycles. The van der Waals surface area contributed by atoms with E-state index < -0.39 is 10.0 Å². The van der Waals surface area contributed by atoms with Gasteiger partial charge in [-0.2, -0.15) is 0 Å². The van der Waals surface area contributed by atoms with E-state index in [2.05, 4.69) is 42.1 Å². The van der Waals surface area contributed by atoms with Gasteiger partial charge in [0.25, 0.3) is 0 Å². The van der Waals surface area contributed by atoms with Gasteiger partial charge in [-0.05, 0) is 50.2 Å². The fourth-order valence-corrected chi connectivity index (χ4v) is 2.85. The summed E-state index contributed by atoms with van der Waals surface area (Å²) >= 11 is 0. The van der Waals surface area contributed by atoms with Crippen molar-refractivity contribution in [3.63, 3.8) is 0 Å². The van der Waals surface area contributed by atoms with Crippen molar-refractivity contribution in [2.24, 2.45) is 0 Å². The average molecular weight is 304 g/mol. The number of hydrogen-bond donors (Lipinski definition) is 2. The van der Waals surface area contributed by atoms with Crippen molar-refractivity contribution < 1.29 is 8.42 Å². The predicted molar refractivity (Wildman–Crippen MR) is 85.9 cm³/mol. The van der Waals surface area contributed by atoms with Crippen LogP contribution in [0.2, 0.25) is 0 Å². The van der Waals surface area contributed by atoms with E-state index in [0.29, 0.717) is 6.54 Å². The van der Waals surface area contributed by atoms with Crippen LogP contribution in [0, 0.1) is 13.8 Å². The maximum atomic E-state index is 11.8. The molecule has 2 N–H and O–H groups in total. The Morgan fingerprint density at radius 2 is 1.81 bits per heavy atom. The second-order valence-corrected chi connectivity index (χ2v) is 6.91. The van der Waals surface area contributed by atoms with E-state index in [1.807, 2.05) is 6.07 Å². The van der Waals surface area contributed by atoms with Gasteiger partial charge in [0.05, 0.1) is 4.90 Å². The molecule has 2 rings (SSSR count). The Morgan fingerprint density at radius 1 is 1.05 bits per heavy atom. The summed E-state index contributed by atoms with van der Waals surface area (Å²) in [5, 5.41) is 3.27. The van der Waals surface area contributed by atoms with Crippen LogP contribution in [-0.2, 0) is 16.6 Å². The van der Waals surface area contributed by atoms with Crippen LogP contribution in [0.3, 0.4) is 0 Å². The molecule has 2 aromatic carbocycles. The van der Waals surface area contributed by atoms with Crippen LogP contribution >= 0.6 is 0 Å². The Hall–Kier alpha value is -1.85. The van der Waals surface area contributed by atoms with E-state index in [0.717, 1.165) is 5.69 Å². The lowest BCUT2D eigenvalue weighted by molar-refractivity contribution is 0.588. The fourth-order valence-electron chi connectivity index (χ4n) is 2.08. The second-order valence-electron chi connectivity index (χ2n) is 5.02. The van der Waals surface area contributed by atoms with Crippen molar-refractivity contribution in [1.29, 1.82) is 0 Å². The van der Waals surface area contributed by atoms with Crippen molar-refractivity contribution in [3.8, 4) is 0 Å². The van der Waals surface area contributed by atoms with Crippen LogP contribution in [0.25, 0.3) is 0 Å². The second kappa shape index (κ2) is 6.28. The SMILES string of the molecule is CNS(=O)(=O)c1cccc(NCc2cc(C)ccc2C)c1. The lowest BCUT2D eigenvalue weighted by Crippen LogP contribution is -2.18. The predicted octanol–water partition coefficient (Wildman–Crippen LogP) is 2.82. The molecule has 5 heteroatoms. The summed E-state index contributed by atoms with van der Waals surface area (Å²) in [4.78, 5) is 0.260. The van der Waals surface area contributed by atoms with E-state index in [1.54, 1.807) is 18.2 Å². The standard InChI is InChI=1S/C16H20N2O2S/c1-12-7-8-13(2)14(9-12)11-18-15-5-4-6-16(10-15)21(19,20)17-3/h4-10,17-18H,11H2,1-3H3. The largest absolute Gasteiger partial charge is 0.381 e. The Morgan fingerprint density at radius 3 is 2.52 bits per heavy atom. The highest BCUT2D eigenvalue weighted by Gasteiger charge is 2.11. The van der Waals surface area contributed by atoms with Gasteiger partial charge in [0.1, 0.15) is 0 Å². The van der Waals surface area contributed by atoms with Crippen molar-refractivity contribution in [2.45, 2.75) is 25.3 Å². The molecule has 0 fully saturated rings. The number of benzene rings is 2. The van der Waals surface area contributed by atoms with Gasteiger partial charge in [-0.15, -0.1) is 0 Å². The molecule has 21 heavy (non-hydrogen) atoms. The van der Waals surface area contributed by atoms with Gasteiger partial charge < -0.3 is 5.32 Å². The Kier molecular flexibility index (Phi) is 4.65. The number of nitrogens with one attached hydrogen (secondary N) is 2. The third kappa shape index (κ3) is 3.83. The number of aryl methyl sites for hydroxylation is 2. The monoisotopic (exact) mass is 304 g/mol. The molecular weight excluding hydrogens is 284 g/mol. The highest BCUT2D eigenvalue weighted by atomic mass is 32.2. The first-order valence-corrected chi connectivity index (χ1v) is 8.24. The van der Waals surface area contributed by atoms with E-state index >= 15 is 0 Å². The molecule has 0 amide bonds. The van der Waals surface area contributed by atoms with Crippen molar-refractivity contribution >= 4 is 15.7 Å². The molecule has 0 saturated carbocycles. The number of hydrogen-bond acceptors (Lipinski definition) is 3. The molecule has 0 radical (unpaired) electrons. The molecular formula is C16H20N2O2S. The fraction of sp³-hybridized carbons (Fsp3) is 0.250. The minimum atomic E-state index is -3.41. The van der Waals surface area contributed by atoms with Crippen molar-refractivity contribution in [2.75, 3.05) is 12.4 Å². The van der Waals surface area contributed by atoms with Gasteiger partial charge in [-0.25, -0.2) is 13.1 Å². The molecule has 0 atom stereocenters. The first kappa shape index (κ1) is 15.5. The van der Waals surface area contributed by atoms with Crippen LogP contribution in [0.1, 0.15) is 16.7 Å². The highest BCUT2D eigenvalue weighted by molar-refractivity contribution is 7.89. The maximum Gasteiger partial charge on any atom is 0.240 e. The summed E-state index contributed by atoms with van der Waals surface area (Å²) in [5.74, 6) is 0. The van der Waals surface area contributed by atoms with E-state index in [9.17, 15) is 8.42 Å². The molecule has 0 spiro atoms. The summed E-state index contributed by atoms with van der Waals surface area (Å²) in [5.41, 5.74) is 4.42. The molecule has 0 unspecified atom stereocenters. The van der Waals surface area contributed by atoms with Crippen LogP contribution in [-0.4, -0.2) is 15.5 Å². The van der Waals surface area contributed by atoms with Gasteiger partial charge in [0, 0.05) is 12.2 Å². The molecule has 4 nitrogen and oxygen atoms in total. The maximum absolute atomic E-state index is 11.8. The molecule has 112 valence electrons. The Balaban J connectivity index is 2.18. The topological polar surface area (TPSA) is 58.2 Å². The van der Waals surface area contributed by atoms with Gasteiger partial charge in [0.2, 0.25) is 10.0 Å². The minimum absolute atomic E-state index is 0.260. The van der Waals surface area contributed by atoms with Crippen LogP contribution in [0.5, 0.6) is 0 Å². The molecule has 0 bridgehead atoms. The number of anilines is 1. The van der Waals surface area contributed by atoms with Gasteiger partial charge in [0.15, 0.2) is 0 Å². The smallest absolute Gasteiger partial charge is 0.240 e. The van der Waals surface area contributed by atoms with E-state index in [1.165, 1.54) is 23.7 Å². The van der Waals surface area contributed by atoms with Gasteiger partial charge in [-0.3, -0.25) is 0 Å². The summed E-state index contributed by atoms with van der Waals surface area (Å²) < 4.78 is 25.9. The first-order valence-electron chi connectivity index (χ1n) is 6.76. The van der Waals surface area contributed by atoms with E-state index in [4.69, 9.17) is 0 Å². The normalized spacial score (nSPS) is 11.4. The zero-order valence-electron chi connectivity index (χ0n) is 12.5. The third-order valence-electron chi connectivity index (χ3n) is 3.40. The molecule has 0 aliphatic heterocycles. The third-order valence-corrected chi connectivity index (χ3v) is 4.81. The van der Waals surface area contributed by atoms with Crippen LogP contribution in [0.15, 0.2) is 47.4 Å². The highest BCUT2D eigenvalue weighted by Crippen LogP contribution is 2.17. The molecule has 0 saturated heterocycles. The van der Waals surface area contributed by atoms with Gasteiger partial charge >= 0.3 is 0 Å². The average Bonchev–Trinajstić information content (AvgIpc) is 2.48. The zero-order chi connectivity index (χ0) is 15.5. The first-order chi connectivity index (χ1) is 9.92. The quantitative estimate of drug-likeness (QED) is 0.893. The zero-order valence-corrected chi connectivity index (χ0v) is 13.3. The lowest BCUT2D eigenvalue weighted by atomic mass is 10.1. The molecule has 0 aliphatic carbocycles. The lowest BCUT2D eigenvalue weighted by Gasteiger charge is -2.11. The van der Waals surface area contributed by atoms with Crippen LogP contribution < -0.4 is 10.0 Å². The summed E-state index contributed by atoms with van der Waals surface area (Å²) in [6.07, 6.45) is 0. The van der Waals surface area contributed by atoms with Crippen molar-refractivity contribution in [3.05, 3.63) is 59.2 Å². The molecule has 0 aromatic heterocycles. The molecule has 2 aromatic rings. The minimum Gasteiger partial charge on any atom is -0.381 e. The summed E-state index contributed by atoms with van der Waals surface area (Å²) in [6.45, 7) is 4.79. The summed E-state index contributed by atoms with van der Waals surface area (Å²) in [6, 6.07) is 13.1. The van der Waals surface area contributed by atoms with Crippen molar-refractivity contribution in [1.82, 2.24) is 4.72 Å². The summed E-state index contributed by atoms with van der Waals surface area (Å²) in [7, 11) is -2.00. The van der Waals surface area contributed by atoms with Gasteiger partial charge in [-0.1, -0.05) is 29.8 Å². The number of rotatable bonds is 5. The Labute approximate surface area is 126 Å². The Bertz CT molecular complexity index is 740. The van der Waals surface area contributed by atoms with Crippen LogP contribution in [0.4, 0.5) is 5.69 Å². The molecule has 0 aliphatic rings.